The van der Waals surface area contributed by atoms with Crippen molar-refractivity contribution in [2.45, 2.75) is 19.9 Å². The highest BCUT2D eigenvalue weighted by molar-refractivity contribution is 7.80. The van der Waals surface area contributed by atoms with Crippen molar-refractivity contribution in [3.05, 3.63) is 68.9 Å². The molecule has 0 saturated carbocycles. The molecule has 39 heavy (non-hydrogen) atoms. The second-order valence-corrected chi connectivity index (χ2v) is 8.34. The Morgan fingerprint density at radius 3 is 2.56 bits per heavy atom. The Morgan fingerprint density at radius 2 is 1.90 bits per heavy atom. The van der Waals surface area contributed by atoms with E-state index in [0.29, 0.717) is 27.7 Å². The van der Waals surface area contributed by atoms with Crippen LogP contribution in [-0.2, 0) is 14.3 Å². The van der Waals surface area contributed by atoms with Crippen molar-refractivity contribution in [3.63, 3.8) is 0 Å². The van der Waals surface area contributed by atoms with Crippen LogP contribution < -0.4 is 30.3 Å². The molecule has 1 heterocycles. The van der Waals surface area contributed by atoms with Crippen LogP contribution in [0.3, 0.4) is 0 Å². The number of nitro benzene ring substituents is 1. The van der Waals surface area contributed by atoms with Crippen molar-refractivity contribution < 1.29 is 33.5 Å². The SMILES string of the molecule is CCOC(=O)C1=C(C)NC(=S)N[C@H]1c1ccccc1OCC(=O)NN=Cc1cc([N+](=O)[O-])c(OC)cc1OC. The van der Waals surface area contributed by atoms with E-state index in [9.17, 15) is 19.7 Å². The van der Waals surface area contributed by atoms with E-state index in [0.717, 1.165) is 0 Å². The summed E-state index contributed by atoms with van der Waals surface area (Å²) in [7, 11) is 2.69. The minimum absolute atomic E-state index is 0.0188. The Morgan fingerprint density at radius 1 is 1.18 bits per heavy atom. The van der Waals surface area contributed by atoms with Crippen LogP contribution in [0.15, 0.2) is 52.8 Å². The van der Waals surface area contributed by atoms with Gasteiger partial charge < -0.3 is 29.6 Å². The normalized spacial score (nSPS) is 14.8. The van der Waals surface area contributed by atoms with Crippen LogP contribution in [0.25, 0.3) is 0 Å². The average Bonchev–Trinajstić information content (AvgIpc) is 2.91. The number of esters is 1. The van der Waals surface area contributed by atoms with Crippen LogP contribution in [-0.4, -0.2) is 55.6 Å². The largest absolute Gasteiger partial charge is 0.496 e. The molecule has 0 aromatic heterocycles. The number of nitrogens with zero attached hydrogens (tertiary/aromatic N) is 2. The zero-order valence-electron chi connectivity index (χ0n) is 21.6. The van der Waals surface area contributed by atoms with Crippen molar-refractivity contribution >= 4 is 41.1 Å². The Bertz CT molecular complexity index is 1340. The quantitative estimate of drug-likeness (QED) is 0.122. The monoisotopic (exact) mass is 557 g/mol. The predicted octanol–water partition coefficient (Wildman–Crippen LogP) is 2.50. The van der Waals surface area contributed by atoms with Crippen molar-refractivity contribution in [2.75, 3.05) is 27.4 Å². The van der Waals surface area contributed by atoms with E-state index in [1.165, 1.54) is 32.6 Å². The van der Waals surface area contributed by atoms with Gasteiger partial charge in [0.1, 0.15) is 11.5 Å². The fraction of sp³-hybridized carbons (Fsp3) is 0.280. The number of nitro groups is 1. The van der Waals surface area contributed by atoms with Gasteiger partial charge in [-0.05, 0) is 32.1 Å². The maximum absolute atomic E-state index is 12.7. The van der Waals surface area contributed by atoms with Crippen LogP contribution in [0, 0.1) is 10.1 Å². The summed E-state index contributed by atoms with van der Waals surface area (Å²) in [5.41, 5.74) is 3.70. The van der Waals surface area contributed by atoms with Gasteiger partial charge in [-0.3, -0.25) is 14.9 Å². The smallest absolute Gasteiger partial charge is 0.338 e. The molecule has 0 radical (unpaired) electrons. The van der Waals surface area contributed by atoms with E-state index in [1.54, 1.807) is 38.1 Å². The standard InChI is InChI=1S/C25H27N5O8S/c1-5-37-24(32)22-14(2)27-25(39)28-23(22)16-8-6-7-9-18(16)38-13-21(31)29-26-12-15-10-17(30(33)34)20(36-4)11-19(15)35-3/h6-12,23H,5,13H2,1-4H3,(H,29,31)(H2,27,28,39)/t23-/m0/s1. The fourth-order valence-electron chi connectivity index (χ4n) is 3.76. The fourth-order valence-corrected chi connectivity index (χ4v) is 4.03. The molecule has 1 atom stereocenters. The topological polar surface area (TPSA) is 163 Å². The first-order chi connectivity index (χ1) is 18.7. The molecule has 0 fully saturated rings. The minimum Gasteiger partial charge on any atom is -0.496 e. The first-order valence-electron chi connectivity index (χ1n) is 11.6. The molecule has 3 N–H and O–H groups in total. The van der Waals surface area contributed by atoms with Gasteiger partial charge >= 0.3 is 11.7 Å². The number of methoxy groups -OCH3 is 2. The van der Waals surface area contributed by atoms with Crippen molar-refractivity contribution in [3.8, 4) is 17.2 Å². The number of allylic oxidation sites excluding steroid dienone is 1. The summed E-state index contributed by atoms with van der Waals surface area (Å²) < 4.78 is 21.2. The lowest BCUT2D eigenvalue weighted by molar-refractivity contribution is -0.385. The first kappa shape index (κ1) is 28.8. The van der Waals surface area contributed by atoms with Crippen molar-refractivity contribution in [2.24, 2.45) is 5.10 Å². The highest BCUT2D eigenvalue weighted by atomic mass is 32.1. The van der Waals surface area contributed by atoms with Crippen LogP contribution in [0.2, 0.25) is 0 Å². The van der Waals surface area contributed by atoms with Crippen LogP contribution in [0.4, 0.5) is 5.69 Å². The highest BCUT2D eigenvalue weighted by Crippen LogP contribution is 2.34. The minimum atomic E-state index is -0.673. The number of para-hydroxylation sites is 1. The number of hydrogen-bond donors (Lipinski definition) is 3. The second-order valence-electron chi connectivity index (χ2n) is 7.93. The second kappa shape index (κ2) is 13.2. The number of benzene rings is 2. The Labute approximate surface area is 229 Å². The number of hydrazone groups is 1. The number of carbonyl (C=O) groups is 2. The summed E-state index contributed by atoms with van der Waals surface area (Å²) in [4.78, 5) is 35.8. The lowest BCUT2D eigenvalue weighted by atomic mass is 9.95. The van der Waals surface area contributed by atoms with E-state index in [4.69, 9.17) is 31.2 Å². The summed E-state index contributed by atoms with van der Waals surface area (Å²) in [5.74, 6) is -0.507. The Kier molecular flexibility index (Phi) is 9.75. The van der Waals surface area contributed by atoms with Crippen molar-refractivity contribution in [1.82, 2.24) is 16.1 Å². The molecule has 0 bridgehead atoms. The van der Waals surface area contributed by atoms with E-state index in [2.05, 4.69) is 21.2 Å². The number of hydrogen-bond acceptors (Lipinski definition) is 10. The molecule has 0 aliphatic carbocycles. The van der Waals surface area contributed by atoms with Gasteiger partial charge in [0.15, 0.2) is 11.7 Å². The average molecular weight is 558 g/mol. The molecule has 1 aliphatic rings. The zero-order valence-corrected chi connectivity index (χ0v) is 22.4. The van der Waals surface area contributed by atoms with Gasteiger partial charge in [-0.1, -0.05) is 18.2 Å². The molecule has 0 saturated heterocycles. The van der Waals surface area contributed by atoms with Gasteiger partial charge in [-0.2, -0.15) is 5.10 Å². The van der Waals surface area contributed by atoms with E-state index in [1.807, 2.05) is 0 Å². The molecule has 0 spiro atoms. The van der Waals surface area contributed by atoms with Crippen LogP contribution >= 0.6 is 12.2 Å². The Hall–Kier alpha value is -4.72. The van der Waals surface area contributed by atoms with Gasteiger partial charge in [0.2, 0.25) is 5.75 Å². The summed E-state index contributed by atoms with van der Waals surface area (Å²) in [6, 6.07) is 8.77. The third-order valence-corrected chi connectivity index (χ3v) is 5.69. The number of carbonyl (C=O) groups excluding carboxylic acids is 2. The third kappa shape index (κ3) is 6.98. The van der Waals surface area contributed by atoms with Gasteiger partial charge in [-0.15, -0.1) is 0 Å². The zero-order chi connectivity index (χ0) is 28.5. The molecule has 14 heteroatoms. The molecule has 3 rings (SSSR count). The van der Waals surface area contributed by atoms with E-state index >= 15 is 0 Å². The van der Waals surface area contributed by atoms with Gasteiger partial charge in [0.25, 0.3) is 5.91 Å². The van der Waals surface area contributed by atoms with E-state index in [-0.39, 0.29) is 29.4 Å². The van der Waals surface area contributed by atoms with Gasteiger partial charge in [-0.25, -0.2) is 10.2 Å². The van der Waals surface area contributed by atoms with E-state index < -0.39 is 29.4 Å². The lowest BCUT2D eigenvalue weighted by Crippen LogP contribution is -2.45. The number of thiocarbonyl (C=S) groups is 1. The molecule has 206 valence electrons. The molecule has 1 aliphatic heterocycles. The highest BCUT2D eigenvalue weighted by Gasteiger charge is 2.32. The molecular formula is C25H27N5O8S. The molecule has 2 aromatic carbocycles. The number of rotatable bonds is 11. The summed E-state index contributed by atoms with van der Waals surface area (Å²) in [6.07, 6.45) is 1.20. The summed E-state index contributed by atoms with van der Waals surface area (Å²) in [5, 5.41) is 21.5. The molecule has 0 unspecified atom stereocenters. The third-order valence-electron chi connectivity index (χ3n) is 5.47. The van der Waals surface area contributed by atoms with Crippen molar-refractivity contribution in [1.29, 1.82) is 0 Å². The van der Waals surface area contributed by atoms with Gasteiger partial charge in [0, 0.05) is 29.0 Å². The predicted molar refractivity (Wildman–Crippen MR) is 145 cm³/mol. The maximum Gasteiger partial charge on any atom is 0.338 e. The molecule has 2 aromatic rings. The first-order valence-corrected chi connectivity index (χ1v) is 12.0. The molecule has 1 amide bonds. The number of ether oxygens (including phenoxy) is 4. The number of nitrogens with one attached hydrogen (secondary N) is 3. The van der Waals surface area contributed by atoms with Crippen LogP contribution in [0.5, 0.6) is 17.2 Å². The molecule has 13 nitrogen and oxygen atoms in total. The molecular weight excluding hydrogens is 530 g/mol. The van der Waals surface area contributed by atoms with Crippen LogP contribution in [0.1, 0.15) is 31.0 Å². The lowest BCUT2D eigenvalue weighted by Gasteiger charge is -2.30. The summed E-state index contributed by atoms with van der Waals surface area (Å²) in [6.45, 7) is 3.21. The van der Waals surface area contributed by atoms with Gasteiger partial charge in [0.05, 0.1) is 43.6 Å². The summed E-state index contributed by atoms with van der Waals surface area (Å²) >= 11 is 5.27. The number of amides is 1. The maximum atomic E-state index is 12.7. The Balaban J connectivity index is 1.74.